The fraction of sp³-hybridized carbons (Fsp3) is 0.769. The summed E-state index contributed by atoms with van der Waals surface area (Å²) >= 11 is 1.84. The van der Waals surface area contributed by atoms with E-state index in [1.165, 1.54) is 4.88 Å². The van der Waals surface area contributed by atoms with E-state index in [9.17, 15) is 0 Å². The number of thiazole rings is 1. The molecule has 1 aromatic heterocycles. The molecule has 4 nitrogen and oxygen atoms in total. The lowest BCUT2D eigenvalue weighted by molar-refractivity contribution is 0.201. The summed E-state index contributed by atoms with van der Waals surface area (Å²) in [6, 6.07) is 0.605. The summed E-state index contributed by atoms with van der Waals surface area (Å²) in [5.74, 6) is 0. The number of hydrogen-bond acceptors (Lipinski definition) is 5. The Morgan fingerprint density at radius 2 is 2.21 bits per heavy atom. The molecule has 0 spiro atoms. The first-order valence-electron chi connectivity index (χ1n) is 6.88. The molecular formula is C13H25ClN4S. The first-order valence-corrected chi connectivity index (χ1v) is 7.70. The minimum absolute atomic E-state index is 0. The zero-order valence-corrected chi connectivity index (χ0v) is 13.7. The van der Waals surface area contributed by atoms with Crippen molar-refractivity contribution in [2.75, 3.05) is 37.6 Å². The fourth-order valence-corrected chi connectivity index (χ4v) is 3.47. The van der Waals surface area contributed by atoms with Crippen LogP contribution in [-0.4, -0.2) is 48.6 Å². The van der Waals surface area contributed by atoms with Crippen LogP contribution in [0.4, 0.5) is 5.13 Å². The molecule has 2 heterocycles. The van der Waals surface area contributed by atoms with Gasteiger partial charge < -0.3 is 10.2 Å². The van der Waals surface area contributed by atoms with E-state index in [0.29, 0.717) is 6.04 Å². The minimum Gasteiger partial charge on any atom is -0.349 e. The van der Waals surface area contributed by atoms with E-state index in [4.69, 9.17) is 0 Å². The molecule has 0 saturated carbocycles. The standard InChI is InChI=1S/C13H24N4S.ClH/c1-4-17(5-2)13-15-8-12(18-13)10-16-7-6-14-11(3)9-16;/h8,11,14H,4-7,9-10H2,1-3H3;1H/t11-;/m0./s1. The summed E-state index contributed by atoms with van der Waals surface area (Å²) in [7, 11) is 0. The molecule has 110 valence electrons. The number of rotatable bonds is 5. The maximum Gasteiger partial charge on any atom is 0.185 e. The molecule has 1 aromatic rings. The van der Waals surface area contributed by atoms with Crippen molar-refractivity contribution in [3.05, 3.63) is 11.1 Å². The third-order valence-electron chi connectivity index (χ3n) is 3.41. The van der Waals surface area contributed by atoms with Gasteiger partial charge in [-0.05, 0) is 20.8 Å². The number of nitrogens with one attached hydrogen (secondary N) is 1. The Morgan fingerprint density at radius 3 is 2.84 bits per heavy atom. The zero-order valence-electron chi connectivity index (χ0n) is 12.1. The number of nitrogens with zero attached hydrogens (tertiary/aromatic N) is 3. The summed E-state index contributed by atoms with van der Waals surface area (Å²) in [5, 5.41) is 4.64. The highest BCUT2D eigenvalue weighted by atomic mass is 35.5. The van der Waals surface area contributed by atoms with Gasteiger partial charge in [-0.15, -0.1) is 23.7 Å². The Bertz CT molecular complexity index is 367. The van der Waals surface area contributed by atoms with Crippen molar-refractivity contribution >= 4 is 28.9 Å². The van der Waals surface area contributed by atoms with E-state index in [-0.39, 0.29) is 12.4 Å². The molecule has 0 amide bonds. The second-order valence-electron chi connectivity index (χ2n) is 4.87. The van der Waals surface area contributed by atoms with Crippen molar-refractivity contribution in [3.8, 4) is 0 Å². The lowest BCUT2D eigenvalue weighted by Crippen LogP contribution is -2.48. The molecule has 0 aliphatic carbocycles. The molecule has 1 atom stereocenters. The lowest BCUT2D eigenvalue weighted by Gasteiger charge is -2.31. The predicted octanol–water partition coefficient (Wildman–Crippen LogP) is 2.20. The average molecular weight is 305 g/mol. The van der Waals surface area contributed by atoms with Gasteiger partial charge in [-0.1, -0.05) is 0 Å². The number of anilines is 1. The largest absolute Gasteiger partial charge is 0.349 e. The second-order valence-corrected chi connectivity index (χ2v) is 5.97. The van der Waals surface area contributed by atoms with Crippen LogP contribution in [0.1, 0.15) is 25.6 Å². The van der Waals surface area contributed by atoms with E-state index in [2.05, 4.69) is 40.9 Å². The van der Waals surface area contributed by atoms with Crippen LogP contribution in [-0.2, 0) is 6.54 Å². The third kappa shape index (κ3) is 4.60. The van der Waals surface area contributed by atoms with E-state index < -0.39 is 0 Å². The molecule has 1 saturated heterocycles. The van der Waals surface area contributed by atoms with Crippen molar-refractivity contribution < 1.29 is 0 Å². The molecule has 1 fully saturated rings. The molecule has 0 radical (unpaired) electrons. The van der Waals surface area contributed by atoms with Crippen LogP contribution in [0.25, 0.3) is 0 Å². The number of aromatic nitrogens is 1. The van der Waals surface area contributed by atoms with E-state index in [1.807, 2.05) is 17.5 Å². The maximum atomic E-state index is 4.54. The van der Waals surface area contributed by atoms with Crippen molar-refractivity contribution in [3.63, 3.8) is 0 Å². The van der Waals surface area contributed by atoms with Crippen LogP contribution in [0.2, 0.25) is 0 Å². The van der Waals surface area contributed by atoms with Crippen LogP contribution < -0.4 is 10.2 Å². The highest BCUT2D eigenvalue weighted by molar-refractivity contribution is 7.15. The quantitative estimate of drug-likeness (QED) is 0.904. The first-order chi connectivity index (χ1) is 8.72. The maximum absolute atomic E-state index is 4.54. The van der Waals surface area contributed by atoms with Crippen LogP contribution in [0, 0.1) is 0 Å². The Labute approximate surface area is 126 Å². The zero-order chi connectivity index (χ0) is 13.0. The number of halogens is 1. The van der Waals surface area contributed by atoms with Gasteiger partial charge in [0.1, 0.15) is 0 Å². The van der Waals surface area contributed by atoms with Crippen molar-refractivity contribution in [1.82, 2.24) is 15.2 Å². The second kappa shape index (κ2) is 8.04. The molecular weight excluding hydrogens is 280 g/mol. The Kier molecular flexibility index (Phi) is 7.07. The molecule has 0 aromatic carbocycles. The highest BCUT2D eigenvalue weighted by Crippen LogP contribution is 2.23. The number of piperazine rings is 1. The first kappa shape index (κ1) is 16.7. The van der Waals surface area contributed by atoms with Gasteiger partial charge in [0.15, 0.2) is 5.13 Å². The minimum atomic E-state index is 0. The van der Waals surface area contributed by atoms with E-state index in [0.717, 1.165) is 44.4 Å². The predicted molar refractivity (Wildman–Crippen MR) is 85.7 cm³/mol. The normalized spacial score (nSPS) is 20.1. The van der Waals surface area contributed by atoms with E-state index in [1.54, 1.807) is 0 Å². The molecule has 1 aliphatic rings. The molecule has 0 unspecified atom stereocenters. The van der Waals surface area contributed by atoms with Gasteiger partial charge in [-0.3, -0.25) is 4.90 Å². The van der Waals surface area contributed by atoms with Crippen molar-refractivity contribution in [2.45, 2.75) is 33.4 Å². The lowest BCUT2D eigenvalue weighted by atomic mass is 10.2. The van der Waals surface area contributed by atoms with Gasteiger partial charge in [0, 0.05) is 56.4 Å². The molecule has 2 rings (SSSR count). The van der Waals surface area contributed by atoms with Crippen LogP contribution >= 0.6 is 23.7 Å². The molecule has 19 heavy (non-hydrogen) atoms. The monoisotopic (exact) mass is 304 g/mol. The summed E-state index contributed by atoms with van der Waals surface area (Å²) in [5.41, 5.74) is 0. The average Bonchev–Trinajstić information content (AvgIpc) is 2.79. The van der Waals surface area contributed by atoms with Crippen molar-refractivity contribution in [2.24, 2.45) is 0 Å². The summed E-state index contributed by atoms with van der Waals surface area (Å²) in [4.78, 5) is 10.8. The molecule has 1 N–H and O–H groups in total. The van der Waals surface area contributed by atoms with E-state index >= 15 is 0 Å². The van der Waals surface area contributed by atoms with Crippen LogP contribution in [0.3, 0.4) is 0 Å². The van der Waals surface area contributed by atoms with Gasteiger partial charge in [0.05, 0.1) is 0 Å². The van der Waals surface area contributed by atoms with Crippen molar-refractivity contribution in [1.29, 1.82) is 0 Å². The molecule has 0 bridgehead atoms. The SMILES string of the molecule is CCN(CC)c1ncc(CN2CCN[C@@H](C)C2)s1.Cl. The molecule has 1 aliphatic heterocycles. The fourth-order valence-electron chi connectivity index (χ4n) is 2.39. The highest BCUT2D eigenvalue weighted by Gasteiger charge is 2.17. The Hall–Kier alpha value is -0.360. The van der Waals surface area contributed by atoms with Gasteiger partial charge in [-0.2, -0.15) is 0 Å². The van der Waals surface area contributed by atoms with Gasteiger partial charge in [0.2, 0.25) is 0 Å². The third-order valence-corrected chi connectivity index (χ3v) is 4.45. The Morgan fingerprint density at radius 1 is 1.47 bits per heavy atom. The topological polar surface area (TPSA) is 31.4 Å². The van der Waals surface area contributed by atoms with Gasteiger partial charge in [0.25, 0.3) is 0 Å². The molecule has 6 heteroatoms. The summed E-state index contributed by atoms with van der Waals surface area (Å²) < 4.78 is 0. The summed E-state index contributed by atoms with van der Waals surface area (Å²) in [6.45, 7) is 13.1. The summed E-state index contributed by atoms with van der Waals surface area (Å²) in [6.07, 6.45) is 2.05. The van der Waals surface area contributed by atoms with Gasteiger partial charge >= 0.3 is 0 Å². The van der Waals surface area contributed by atoms with Gasteiger partial charge in [-0.25, -0.2) is 4.98 Å². The Balaban J connectivity index is 0.00000180. The smallest absolute Gasteiger partial charge is 0.185 e. The van der Waals surface area contributed by atoms with Crippen LogP contribution in [0.15, 0.2) is 6.20 Å². The van der Waals surface area contributed by atoms with Crippen LogP contribution in [0.5, 0.6) is 0 Å². The number of hydrogen-bond donors (Lipinski definition) is 1.